The summed E-state index contributed by atoms with van der Waals surface area (Å²) in [5.74, 6) is 1.04. The van der Waals surface area contributed by atoms with E-state index in [1.165, 1.54) is 19.0 Å². The van der Waals surface area contributed by atoms with Gasteiger partial charge in [0.05, 0.1) is 17.8 Å². The second kappa shape index (κ2) is 5.40. The first-order valence-corrected chi connectivity index (χ1v) is 7.24. The summed E-state index contributed by atoms with van der Waals surface area (Å²) in [5, 5.41) is 12.7. The van der Waals surface area contributed by atoms with E-state index in [1.807, 2.05) is 0 Å². The maximum atomic E-state index is 11.9. The predicted molar refractivity (Wildman–Crippen MR) is 73.6 cm³/mol. The summed E-state index contributed by atoms with van der Waals surface area (Å²) < 4.78 is 5.52. The van der Waals surface area contributed by atoms with Crippen LogP contribution in [0.25, 0.3) is 0 Å². The highest BCUT2D eigenvalue weighted by atomic mass is 16.5. The number of aromatic nitrogens is 1. The van der Waals surface area contributed by atoms with Gasteiger partial charge in [-0.15, -0.1) is 0 Å². The summed E-state index contributed by atoms with van der Waals surface area (Å²) in [6.07, 6.45) is 6.55. The minimum absolute atomic E-state index is 0.202. The third-order valence-electron chi connectivity index (χ3n) is 4.02. The molecule has 3 rings (SSSR count). The zero-order chi connectivity index (χ0) is 14.0. The van der Waals surface area contributed by atoms with Gasteiger partial charge in [0, 0.05) is 18.8 Å². The number of nitrogens with zero attached hydrogens (tertiary/aromatic N) is 1. The molecule has 0 aromatic carbocycles. The number of carbonyl (C=O) groups excluding carboxylic acids is 1. The Morgan fingerprint density at radius 2 is 2.25 bits per heavy atom. The smallest absolute Gasteiger partial charge is 0.252 e. The van der Waals surface area contributed by atoms with Crippen LogP contribution in [-0.2, 0) is 0 Å². The lowest BCUT2D eigenvalue weighted by molar-refractivity contribution is -0.0300. The predicted octanol–water partition coefficient (Wildman–Crippen LogP) is 1.52. The Labute approximate surface area is 118 Å². The molecule has 20 heavy (non-hydrogen) atoms. The fourth-order valence-electron chi connectivity index (χ4n) is 2.20. The molecule has 108 valence electrons. The molecule has 2 saturated carbocycles. The van der Waals surface area contributed by atoms with Gasteiger partial charge in [-0.1, -0.05) is 0 Å². The van der Waals surface area contributed by atoms with Crippen molar-refractivity contribution in [1.82, 2.24) is 10.3 Å². The first kappa shape index (κ1) is 13.4. The molecule has 2 N–H and O–H groups in total. The van der Waals surface area contributed by atoms with Gasteiger partial charge in [-0.3, -0.25) is 4.79 Å². The molecule has 0 bridgehead atoms. The number of pyridine rings is 1. The van der Waals surface area contributed by atoms with E-state index < -0.39 is 5.60 Å². The van der Waals surface area contributed by atoms with Gasteiger partial charge in [0.1, 0.15) is 0 Å². The Balaban J connectivity index is 1.49. The van der Waals surface area contributed by atoms with Crippen molar-refractivity contribution in [2.45, 2.75) is 37.7 Å². The van der Waals surface area contributed by atoms with Gasteiger partial charge < -0.3 is 15.2 Å². The third kappa shape index (κ3) is 3.28. The summed E-state index contributed by atoms with van der Waals surface area (Å²) in [5.41, 5.74) is -0.206. The second-order valence-electron chi connectivity index (χ2n) is 5.90. The standard InChI is InChI=1S/C15H20N2O3/c18-14(17-10-15(19)6-1-7-15)12-4-5-13(16-8-12)20-9-11-2-3-11/h4-5,8,11,19H,1-3,6-7,9-10H2,(H,17,18). The zero-order valence-corrected chi connectivity index (χ0v) is 11.5. The molecule has 2 aliphatic carbocycles. The molecule has 1 heterocycles. The fourth-order valence-corrected chi connectivity index (χ4v) is 2.20. The van der Waals surface area contributed by atoms with Crippen LogP contribution in [0.5, 0.6) is 5.88 Å². The Hall–Kier alpha value is -1.62. The molecule has 1 aromatic rings. The lowest BCUT2D eigenvalue weighted by Crippen LogP contribution is -2.47. The zero-order valence-electron chi connectivity index (χ0n) is 11.5. The van der Waals surface area contributed by atoms with E-state index in [-0.39, 0.29) is 5.91 Å². The highest BCUT2D eigenvalue weighted by Gasteiger charge is 2.34. The van der Waals surface area contributed by atoms with Gasteiger partial charge in [0.15, 0.2) is 0 Å². The van der Waals surface area contributed by atoms with Crippen LogP contribution in [0.4, 0.5) is 0 Å². The van der Waals surface area contributed by atoms with Crippen molar-refractivity contribution in [3.63, 3.8) is 0 Å². The normalized spacial score (nSPS) is 20.1. The highest BCUT2D eigenvalue weighted by molar-refractivity contribution is 5.93. The van der Waals surface area contributed by atoms with E-state index in [1.54, 1.807) is 12.1 Å². The number of rotatable bonds is 6. The number of hydrogen-bond donors (Lipinski definition) is 2. The maximum absolute atomic E-state index is 11.9. The molecule has 5 nitrogen and oxygen atoms in total. The van der Waals surface area contributed by atoms with Crippen LogP contribution in [0.15, 0.2) is 18.3 Å². The van der Waals surface area contributed by atoms with Gasteiger partial charge in [-0.25, -0.2) is 4.98 Å². The molecule has 0 unspecified atom stereocenters. The molecule has 2 aliphatic rings. The lowest BCUT2D eigenvalue weighted by atomic mass is 9.80. The molecule has 1 aromatic heterocycles. The fraction of sp³-hybridized carbons (Fsp3) is 0.600. The van der Waals surface area contributed by atoms with E-state index in [2.05, 4.69) is 10.3 Å². The molecular weight excluding hydrogens is 256 g/mol. The maximum Gasteiger partial charge on any atom is 0.252 e. The Bertz CT molecular complexity index is 478. The minimum atomic E-state index is -0.698. The van der Waals surface area contributed by atoms with Crippen molar-refractivity contribution >= 4 is 5.91 Å². The average molecular weight is 276 g/mol. The van der Waals surface area contributed by atoms with Crippen molar-refractivity contribution in [3.05, 3.63) is 23.9 Å². The van der Waals surface area contributed by atoms with Crippen LogP contribution >= 0.6 is 0 Å². The molecule has 1 amide bonds. The first-order valence-electron chi connectivity index (χ1n) is 7.24. The van der Waals surface area contributed by atoms with E-state index in [4.69, 9.17) is 4.74 Å². The third-order valence-corrected chi connectivity index (χ3v) is 4.02. The van der Waals surface area contributed by atoms with Gasteiger partial charge >= 0.3 is 0 Å². The summed E-state index contributed by atoms with van der Waals surface area (Å²) in [6.45, 7) is 1.03. The molecule has 2 fully saturated rings. The van der Waals surface area contributed by atoms with Crippen LogP contribution in [0.1, 0.15) is 42.5 Å². The summed E-state index contributed by atoms with van der Waals surface area (Å²) in [4.78, 5) is 16.0. The Kier molecular flexibility index (Phi) is 3.61. The molecule has 0 atom stereocenters. The van der Waals surface area contributed by atoms with Crippen molar-refractivity contribution < 1.29 is 14.6 Å². The molecule has 0 spiro atoms. The summed E-state index contributed by atoms with van der Waals surface area (Å²) in [7, 11) is 0. The van der Waals surface area contributed by atoms with Crippen LogP contribution in [0.2, 0.25) is 0 Å². The number of aliphatic hydroxyl groups is 1. The number of nitrogens with one attached hydrogen (secondary N) is 1. The van der Waals surface area contributed by atoms with Gasteiger partial charge in [-0.05, 0) is 44.1 Å². The van der Waals surface area contributed by atoms with Crippen LogP contribution in [0.3, 0.4) is 0 Å². The SMILES string of the molecule is O=C(NCC1(O)CCC1)c1ccc(OCC2CC2)nc1. The largest absolute Gasteiger partial charge is 0.477 e. The number of amides is 1. The minimum Gasteiger partial charge on any atom is -0.477 e. The van der Waals surface area contributed by atoms with Gasteiger partial charge in [0.25, 0.3) is 5.91 Å². The van der Waals surface area contributed by atoms with E-state index >= 15 is 0 Å². The highest BCUT2D eigenvalue weighted by Crippen LogP contribution is 2.30. The molecular formula is C15H20N2O3. The number of carbonyl (C=O) groups is 1. The van der Waals surface area contributed by atoms with Gasteiger partial charge in [0.2, 0.25) is 5.88 Å². The quantitative estimate of drug-likeness (QED) is 0.826. The van der Waals surface area contributed by atoms with Crippen molar-refractivity contribution in [1.29, 1.82) is 0 Å². The van der Waals surface area contributed by atoms with Crippen molar-refractivity contribution in [2.75, 3.05) is 13.2 Å². The van der Waals surface area contributed by atoms with Crippen LogP contribution in [0, 0.1) is 5.92 Å². The molecule has 0 aliphatic heterocycles. The van der Waals surface area contributed by atoms with Crippen molar-refractivity contribution in [2.24, 2.45) is 5.92 Å². The second-order valence-corrected chi connectivity index (χ2v) is 5.90. The lowest BCUT2D eigenvalue weighted by Gasteiger charge is -2.36. The first-order chi connectivity index (χ1) is 9.65. The monoisotopic (exact) mass is 276 g/mol. The van der Waals surface area contributed by atoms with Crippen LogP contribution < -0.4 is 10.1 Å². The molecule has 0 saturated heterocycles. The number of hydrogen-bond acceptors (Lipinski definition) is 4. The average Bonchev–Trinajstić information content (AvgIpc) is 3.25. The number of ether oxygens (including phenoxy) is 1. The van der Waals surface area contributed by atoms with Crippen LogP contribution in [-0.4, -0.2) is 34.8 Å². The summed E-state index contributed by atoms with van der Waals surface area (Å²) in [6, 6.07) is 3.42. The van der Waals surface area contributed by atoms with E-state index in [9.17, 15) is 9.90 Å². The molecule has 5 heteroatoms. The Morgan fingerprint density at radius 3 is 2.80 bits per heavy atom. The Morgan fingerprint density at radius 1 is 1.45 bits per heavy atom. The molecule has 0 radical (unpaired) electrons. The van der Waals surface area contributed by atoms with E-state index in [0.29, 0.717) is 30.5 Å². The van der Waals surface area contributed by atoms with Crippen molar-refractivity contribution in [3.8, 4) is 5.88 Å². The summed E-state index contributed by atoms with van der Waals surface area (Å²) >= 11 is 0. The van der Waals surface area contributed by atoms with E-state index in [0.717, 1.165) is 19.3 Å². The van der Waals surface area contributed by atoms with Gasteiger partial charge in [-0.2, -0.15) is 0 Å². The topological polar surface area (TPSA) is 71.5 Å².